The number of nitrogens with zero attached hydrogens (tertiary/aromatic N) is 7. The van der Waals surface area contributed by atoms with Crippen molar-refractivity contribution in [2.24, 2.45) is 11.8 Å². The van der Waals surface area contributed by atoms with Gasteiger partial charge in [0.05, 0.1) is 36.7 Å². The molecule has 4 heterocycles. The lowest BCUT2D eigenvalue weighted by molar-refractivity contribution is 0.0265. The topological polar surface area (TPSA) is 126 Å². The van der Waals surface area contributed by atoms with Crippen LogP contribution in [0.3, 0.4) is 0 Å². The van der Waals surface area contributed by atoms with Gasteiger partial charge in [0.15, 0.2) is 0 Å². The van der Waals surface area contributed by atoms with Gasteiger partial charge in [0.1, 0.15) is 22.9 Å². The molecule has 1 saturated carbocycles. The SMILES string of the molecule is CC(C)(C)OC(=O)N1CC2C(C1)C2(C#N)c1ccc(-c2ccc(N3C[C@H](Cn4ccnn4)OC3=O)cc2F)cn1. The fourth-order valence-electron chi connectivity index (χ4n) is 5.78. The van der Waals surface area contributed by atoms with Crippen LogP contribution < -0.4 is 4.90 Å². The summed E-state index contributed by atoms with van der Waals surface area (Å²) in [6, 6.07) is 10.5. The highest BCUT2D eigenvalue weighted by molar-refractivity contribution is 5.90. The normalized spacial score (nSPS) is 25.4. The van der Waals surface area contributed by atoms with Gasteiger partial charge in [-0.1, -0.05) is 11.3 Å². The predicted molar refractivity (Wildman–Crippen MR) is 139 cm³/mol. The first-order chi connectivity index (χ1) is 19.1. The number of ether oxygens (including phenoxy) is 2. The lowest BCUT2D eigenvalue weighted by atomic mass is 9.95. The monoisotopic (exact) mass is 545 g/mol. The molecular formula is C28H28FN7O4. The molecule has 3 fully saturated rings. The average molecular weight is 546 g/mol. The second-order valence-electron chi connectivity index (χ2n) is 11.4. The maximum Gasteiger partial charge on any atom is 0.414 e. The fraction of sp³-hybridized carbons (Fsp3) is 0.429. The Kier molecular flexibility index (Phi) is 5.98. The first kappa shape index (κ1) is 25.7. The lowest BCUT2D eigenvalue weighted by Gasteiger charge is -2.27. The second-order valence-corrected chi connectivity index (χ2v) is 11.4. The van der Waals surface area contributed by atoms with Crippen molar-refractivity contribution in [3.63, 3.8) is 0 Å². The summed E-state index contributed by atoms with van der Waals surface area (Å²) in [5.74, 6) is -0.549. The van der Waals surface area contributed by atoms with E-state index in [4.69, 9.17) is 9.47 Å². The molecule has 1 aromatic carbocycles. The van der Waals surface area contributed by atoms with Crippen LogP contribution in [0.1, 0.15) is 26.5 Å². The number of cyclic esters (lactones) is 1. The Morgan fingerprint density at radius 3 is 2.60 bits per heavy atom. The lowest BCUT2D eigenvalue weighted by Crippen LogP contribution is -2.39. The Labute approximate surface area is 230 Å². The van der Waals surface area contributed by atoms with Crippen molar-refractivity contribution in [3.8, 4) is 17.2 Å². The fourth-order valence-corrected chi connectivity index (χ4v) is 5.78. The number of likely N-dealkylation sites (tertiary alicyclic amines) is 1. The number of fused-ring (bicyclic) bond motifs is 1. The number of pyridine rings is 1. The van der Waals surface area contributed by atoms with Gasteiger partial charge in [-0.05, 0) is 45.0 Å². The molecule has 11 nitrogen and oxygen atoms in total. The molecular weight excluding hydrogens is 517 g/mol. The van der Waals surface area contributed by atoms with Gasteiger partial charge in [0.25, 0.3) is 0 Å². The van der Waals surface area contributed by atoms with Crippen molar-refractivity contribution in [1.29, 1.82) is 5.26 Å². The third kappa shape index (κ3) is 4.41. The number of carbonyl (C=O) groups is 2. The summed E-state index contributed by atoms with van der Waals surface area (Å²) in [4.78, 5) is 32.4. The van der Waals surface area contributed by atoms with Gasteiger partial charge in [0.2, 0.25) is 0 Å². The van der Waals surface area contributed by atoms with Gasteiger partial charge in [0, 0.05) is 48.4 Å². The quantitative estimate of drug-likeness (QED) is 0.474. The molecule has 0 radical (unpaired) electrons. The molecule has 2 unspecified atom stereocenters. The van der Waals surface area contributed by atoms with Crippen LogP contribution in [0.4, 0.5) is 19.7 Å². The first-order valence-electron chi connectivity index (χ1n) is 13.1. The van der Waals surface area contributed by atoms with E-state index in [0.717, 1.165) is 0 Å². The Morgan fingerprint density at radius 2 is 2.00 bits per heavy atom. The summed E-state index contributed by atoms with van der Waals surface area (Å²) in [6.07, 6.45) is 3.42. The van der Waals surface area contributed by atoms with Crippen LogP contribution in [0.5, 0.6) is 0 Å². The molecule has 2 saturated heterocycles. The third-order valence-electron chi connectivity index (χ3n) is 7.72. The molecule has 3 atom stereocenters. The predicted octanol–water partition coefficient (Wildman–Crippen LogP) is 3.76. The minimum Gasteiger partial charge on any atom is -0.444 e. The number of hydrogen-bond donors (Lipinski definition) is 0. The zero-order valence-corrected chi connectivity index (χ0v) is 22.3. The van der Waals surface area contributed by atoms with E-state index in [2.05, 4.69) is 21.4 Å². The van der Waals surface area contributed by atoms with Crippen LogP contribution in [0.25, 0.3) is 11.1 Å². The zero-order chi connectivity index (χ0) is 28.2. The molecule has 2 aromatic heterocycles. The number of hydrogen-bond acceptors (Lipinski definition) is 8. The number of benzene rings is 1. The molecule has 1 aliphatic carbocycles. The summed E-state index contributed by atoms with van der Waals surface area (Å²) < 4.78 is 27.7. The average Bonchev–Trinajstić information content (AvgIpc) is 3.41. The summed E-state index contributed by atoms with van der Waals surface area (Å²) in [5.41, 5.74) is 0.536. The first-order valence-corrected chi connectivity index (χ1v) is 13.1. The number of anilines is 1. The molecule has 3 aliphatic rings. The molecule has 0 spiro atoms. The largest absolute Gasteiger partial charge is 0.444 e. The highest BCUT2D eigenvalue weighted by Crippen LogP contribution is 2.62. The Morgan fingerprint density at radius 1 is 1.23 bits per heavy atom. The van der Waals surface area contributed by atoms with Crippen molar-refractivity contribution in [3.05, 3.63) is 60.4 Å². The summed E-state index contributed by atoms with van der Waals surface area (Å²) >= 11 is 0. The summed E-state index contributed by atoms with van der Waals surface area (Å²) in [6.45, 7) is 6.95. The van der Waals surface area contributed by atoms with E-state index in [9.17, 15) is 14.9 Å². The highest BCUT2D eigenvalue weighted by atomic mass is 19.1. The Balaban J connectivity index is 1.13. The Hall–Kier alpha value is -4.53. The zero-order valence-electron chi connectivity index (χ0n) is 22.3. The molecule has 3 aromatic rings. The number of aromatic nitrogens is 4. The van der Waals surface area contributed by atoms with E-state index in [1.807, 2.05) is 20.8 Å². The van der Waals surface area contributed by atoms with E-state index >= 15 is 4.39 Å². The van der Waals surface area contributed by atoms with E-state index in [0.29, 0.717) is 42.1 Å². The third-order valence-corrected chi connectivity index (χ3v) is 7.72. The Bertz CT molecular complexity index is 1480. The van der Waals surface area contributed by atoms with Crippen LogP contribution in [-0.4, -0.2) is 68.4 Å². The molecule has 0 N–H and O–H groups in total. The van der Waals surface area contributed by atoms with Crippen LogP contribution >= 0.6 is 0 Å². The maximum absolute atomic E-state index is 15.2. The number of carbonyl (C=O) groups excluding carboxylic acids is 2. The van der Waals surface area contributed by atoms with Gasteiger partial charge >= 0.3 is 12.2 Å². The van der Waals surface area contributed by atoms with Gasteiger partial charge in [-0.15, -0.1) is 5.10 Å². The summed E-state index contributed by atoms with van der Waals surface area (Å²) in [5, 5.41) is 17.7. The van der Waals surface area contributed by atoms with Gasteiger partial charge < -0.3 is 14.4 Å². The molecule has 40 heavy (non-hydrogen) atoms. The van der Waals surface area contributed by atoms with E-state index in [-0.39, 0.29) is 24.5 Å². The van der Waals surface area contributed by atoms with Crippen molar-refractivity contribution in [2.75, 3.05) is 24.5 Å². The number of nitriles is 1. The minimum absolute atomic E-state index is 0.0204. The van der Waals surface area contributed by atoms with E-state index in [1.54, 1.807) is 52.4 Å². The molecule has 206 valence electrons. The van der Waals surface area contributed by atoms with Crippen LogP contribution in [-0.2, 0) is 21.4 Å². The number of rotatable bonds is 5. The van der Waals surface area contributed by atoms with E-state index in [1.165, 1.54) is 11.0 Å². The van der Waals surface area contributed by atoms with Gasteiger partial charge in [-0.2, -0.15) is 5.26 Å². The smallest absolute Gasteiger partial charge is 0.414 e. The molecule has 6 rings (SSSR count). The summed E-state index contributed by atoms with van der Waals surface area (Å²) in [7, 11) is 0. The van der Waals surface area contributed by atoms with E-state index < -0.39 is 29.0 Å². The van der Waals surface area contributed by atoms with Crippen LogP contribution in [0.2, 0.25) is 0 Å². The van der Waals surface area contributed by atoms with Gasteiger partial charge in [-0.25, -0.2) is 18.7 Å². The van der Waals surface area contributed by atoms with Crippen molar-refractivity contribution in [1.82, 2.24) is 24.9 Å². The number of amides is 2. The highest BCUT2D eigenvalue weighted by Gasteiger charge is 2.71. The molecule has 0 bridgehead atoms. The standard InChI is InChI=1S/C28H28FN7O4/c1-27(2,3)40-25(37)34-14-21-22(15-34)28(21,16-30)24-7-4-17(11-31-24)20-6-5-18(10-23(20)29)36-13-19(39-26(36)38)12-35-9-8-32-33-35/h4-11,19,21-22H,12-15H2,1-3H3/t19-,21?,22?,28?/m0/s1. The van der Waals surface area contributed by atoms with Crippen LogP contribution in [0, 0.1) is 29.0 Å². The number of halogens is 1. The second kappa shape index (κ2) is 9.29. The number of piperidine rings is 1. The molecule has 2 amide bonds. The maximum atomic E-state index is 15.2. The van der Waals surface area contributed by atoms with Crippen LogP contribution in [0.15, 0.2) is 48.9 Å². The molecule has 2 aliphatic heterocycles. The van der Waals surface area contributed by atoms with Crippen molar-refractivity contribution in [2.45, 2.75) is 44.4 Å². The molecule has 12 heteroatoms. The minimum atomic E-state index is -0.766. The van der Waals surface area contributed by atoms with Gasteiger partial charge in [-0.3, -0.25) is 9.88 Å². The van der Waals surface area contributed by atoms with Crippen molar-refractivity contribution >= 4 is 17.9 Å². The van der Waals surface area contributed by atoms with Crippen molar-refractivity contribution < 1.29 is 23.5 Å².